The van der Waals surface area contributed by atoms with Gasteiger partial charge in [-0.3, -0.25) is 0 Å². The summed E-state index contributed by atoms with van der Waals surface area (Å²) >= 11 is 0. The number of esters is 1. The molecule has 0 spiro atoms. The number of benzene rings is 2. The van der Waals surface area contributed by atoms with Crippen LogP contribution in [0.5, 0.6) is 23.0 Å². The van der Waals surface area contributed by atoms with Crippen molar-refractivity contribution in [1.29, 1.82) is 0 Å². The van der Waals surface area contributed by atoms with Crippen LogP contribution in [-0.4, -0.2) is 43.6 Å². The van der Waals surface area contributed by atoms with Crippen molar-refractivity contribution in [2.75, 3.05) is 14.2 Å². The molecule has 3 rings (SSSR count). The summed E-state index contributed by atoms with van der Waals surface area (Å²) in [5.41, 5.74) is 0.853. The molecule has 0 saturated carbocycles. The van der Waals surface area contributed by atoms with Gasteiger partial charge in [-0.15, -0.1) is 0 Å². The van der Waals surface area contributed by atoms with E-state index in [2.05, 4.69) is 19.6 Å². The van der Waals surface area contributed by atoms with E-state index < -0.39 is 19.2 Å². The van der Waals surface area contributed by atoms with Crippen LogP contribution in [0.4, 0.5) is 17.6 Å². The second kappa shape index (κ2) is 11.7. The highest BCUT2D eigenvalue weighted by molar-refractivity contribution is 5.87. The van der Waals surface area contributed by atoms with E-state index in [-0.39, 0.29) is 41.3 Å². The summed E-state index contributed by atoms with van der Waals surface area (Å²) in [6.07, 6.45) is 2.48. The normalized spacial score (nSPS) is 11.2. The van der Waals surface area contributed by atoms with Crippen LogP contribution in [0.25, 0.3) is 17.5 Å². The minimum atomic E-state index is -3.02. The van der Waals surface area contributed by atoms with Crippen LogP contribution in [0, 0.1) is 0 Å². The lowest BCUT2D eigenvalue weighted by atomic mass is 10.2. The quantitative estimate of drug-likeness (QED) is 0.211. The number of hydrogen-bond donors (Lipinski definition) is 0. The average Bonchev–Trinajstić information content (AvgIpc) is 3.30. The first-order chi connectivity index (χ1) is 16.8. The number of carbonyl (C=O) groups is 1. The molecule has 13 heteroatoms. The van der Waals surface area contributed by atoms with E-state index in [0.29, 0.717) is 11.1 Å². The maximum Gasteiger partial charge on any atom is 0.387 e. The first-order valence-electron chi connectivity index (χ1n) is 9.72. The van der Waals surface area contributed by atoms with E-state index in [1.165, 1.54) is 56.7 Å². The largest absolute Gasteiger partial charge is 0.493 e. The first kappa shape index (κ1) is 25.3. The van der Waals surface area contributed by atoms with Crippen molar-refractivity contribution in [3.63, 3.8) is 0 Å². The predicted octanol–water partition coefficient (Wildman–Crippen LogP) is 4.71. The number of aromatic nitrogens is 2. The smallest absolute Gasteiger partial charge is 0.387 e. The molecular formula is C22H18F4N2O7. The summed E-state index contributed by atoms with van der Waals surface area (Å²) in [5, 5.41) is 3.75. The topological polar surface area (TPSA) is 102 Å². The summed E-state index contributed by atoms with van der Waals surface area (Å²) in [6.45, 7) is -6.37. The molecule has 0 aliphatic carbocycles. The average molecular weight is 498 g/mol. The first-order valence-corrected chi connectivity index (χ1v) is 9.72. The fourth-order valence-corrected chi connectivity index (χ4v) is 2.76. The van der Waals surface area contributed by atoms with Gasteiger partial charge in [0.15, 0.2) is 29.6 Å². The second-order valence-electron chi connectivity index (χ2n) is 6.49. The molecule has 0 bridgehead atoms. The number of hydrogen-bond acceptors (Lipinski definition) is 9. The Morgan fingerprint density at radius 2 is 1.57 bits per heavy atom. The van der Waals surface area contributed by atoms with Crippen LogP contribution in [0.3, 0.4) is 0 Å². The number of alkyl halides is 4. The van der Waals surface area contributed by atoms with Crippen LogP contribution >= 0.6 is 0 Å². The molecule has 0 aliphatic heterocycles. The number of methoxy groups -OCH3 is 2. The highest BCUT2D eigenvalue weighted by atomic mass is 19.3. The Kier molecular flexibility index (Phi) is 8.48. The third-order valence-electron chi connectivity index (χ3n) is 4.26. The maximum absolute atomic E-state index is 12.5. The van der Waals surface area contributed by atoms with Gasteiger partial charge in [-0.2, -0.15) is 22.5 Å². The van der Waals surface area contributed by atoms with Crippen LogP contribution in [0.2, 0.25) is 0 Å². The maximum atomic E-state index is 12.5. The lowest BCUT2D eigenvalue weighted by Gasteiger charge is -2.10. The summed E-state index contributed by atoms with van der Waals surface area (Å²) in [5.74, 6) is -0.879. The molecule has 0 saturated heterocycles. The van der Waals surface area contributed by atoms with Gasteiger partial charge in [0.25, 0.3) is 5.89 Å². The van der Waals surface area contributed by atoms with Crippen molar-refractivity contribution in [2.24, 2.45) is 0 Å². The molecule has 1 heterocycles. The van der Waals surface area contributed by atoms with E-state index >= 15 is 0 Å². The van der Waals surface area contributed by atoms with Crippen LogP contribution in [-0.2, 0) is 16.1 Å². The third-order valence-corrected chi connectivity index (χ3v) is 4.26. The summed E-state index contributed by atoms with van der Waals surface area (Å²) in [7, 11) is 2.57. The summed E-state index contributed by atoms with van der Waals surface area (Å²) < 4.78 is 78.5. The molecule has 0 aliphatic rings. The van der Waals surface area contributed by atoms with Crippen LogP contribution < -0.4 is 18.9 Å². The van der Waals surface area contributed by atoms with Crippen molar-refractivity contribution in [2.45, 2.75) is 19.8 Å². The van der Waals surface area contributed by atoms with Gasteiger partial charge in [-0.25, -0.2) is 4.79 Å². The standard InChI is InChI=1S/C22H18F4N2O7/c1-30-16-9-12(3-6-14(16)33-21(23)24)4-8-19(29)32-11-18-27-20(28-35-18)13-5-7-15(34-22(25)26)17(10-13)31-2/h3-10,21-22H,11H2,1-2H3/b8-4+. The molecule has 0 fully saturated rings. The zero-order valence-electron chi connectivity index (χ0n) is 18.2. The lowest BCUT2D eigenvalue weighted by molar-refractivity contribution is -0.139. The molecular weight excluding hydrogens is 480 g/mol. The summed E-state index contributed by atoms with van der Waals surface area (Å²) in [6, 6.07) is 8.19. The fraction of sp³-hybridized carbons (Fsp3) is 0.227. The minimum Gasteiger partial charge on any atom is -0.493 e. The van der Waals surface area contributed by atoms with Gasteiger partial charge in [-0.05, 0) is 42.0 Å². The number of nitrogens with zero attached hydrogens (tertiary/aromatic N) is 2. The van der Waals surface area contributed by atoms with Crippen molar-refractivity contribution < 1.29 is 50.6 Å². The monoisotopic (exact) mass is 498 g/mol. The van der Waals surface area contributed by atoms with Gasteiger partial charge in [0.05, 0.1) is 14.2 Å². The Morgan fingerprint density at radius 1 is 0.943 bits per heavy atom. The molecule has 0 atom stereocenters. The molecule has 0 N–H and O–H groups in total. The highest BCUT2D eigenvalue weighted by Crippen LogP contribution is 2.33. The van der Waals surface area contributed by atoms with Crippen LogP contribution in [0.15, 0.2) is 47.0 Å². The molecule has 0 unspecified atom stereocenters. The molecule has 0 radical (unpaired) electrons. The van der Waals surface area contributed by atoms with E-state index in [1.807, 2.05) is 0 Å². The van der Waals surface area contributed by atoms with Gasteiger partial charge >= 0.3 is 19.2 Å². The van der Waals surface area contributed by atoms with E-state index in [9.17, 15) is 22.4 Å². The minimum absolute atomic E-state index is 0.0243. The Labute approximate surface area is 195 Å². The fourth-order valence-electron chi connectivity index (χ4n) is 2.76. The Hall–Kier alpha value is -4.29. The van der Waals surface area contributed by atoms with Gasteiger partial charge in [0, 0.05) is 11.6 Å². The Morgan fingerprint density at radius 3 is 2.20 bits per heavy atom. The van der Waals surface area contributed by atoms with Crippen molar-refractivity contribution in [3.05, 3.63) is 53.9 Å². The van der Waals surface area contributed by atoms with Gasteiger partial charge in [0.1, 0.15) is 0 Å². The van der Waals surface area contributed by atoms with E-state index in [4.69, 9.17) is 18.7 Å². The lowest BCUT2D eigenvalue weighted by Crippen LogP contribution is -2.03. The zero-order chi connectivity index (χ0) is 25.4. The molecule has 3 aromatic rings. The molecule has 2 aromatic carbocycles. The highest BCUT2D eigenvalue weighted by Gasteiger charge is 2.16. The van der Waals surface area contributed by atoms with Gasteiger partial charge in [-0.1, -0.05) is 11.2 Å². The molecule has 0 amide bonds. The van der Waals surface area contributed by atoms with Gasteiger partial charge in [0.2, 0.25) is 5.82 Å². The summed E-state index contributed by atoms with van der Waals surface area (Å²) in [4.78, 5) is 16.1. The van der Waals surface area contributed by atoms with Gasteiger partial charge < -0.3 is 28.2 Å². The molecule has 9 nitrogen and oxygen atoms in total. The van der Waals surface area contributed by atoms with Crippen molar-refractivity contribution >= 4 is 12.0 Å². The third kappa shape index (κ3) is 7.09. The number of ether oxygens (including phenoxy) is 5. The Bertz CT molecular complexity index is 1180. The molecule has 186 valence electrons. The SMILES string of the molecule is COc1cc(/C=C/C(=O)OCc2nc(-c3ccc(OC(F)F)c(OC)c3)no2)ccc1OC(F)F. The predicted molar refractivity (Wildman–Crippen MR) is 111 cm³/mol. The second-order valence-corrected chi connectivity index (χ2v) is 6.49. The van der Waals surface area contributed by atoms with Crippen LogP contribution in [0.1, 0.15) is 11.5 Å². The number of halogens is 4. The van der Waals surface area contributed by atoms with Crippen molar-refractivity contribution in [1.82, 2.24) is 10.1 Å². The van der Waals surface area contributed by atoms with Crippen molar-refractivity contribution in [3.8, 4) is 34.4 Å². The van der Waals surface area contributed by atoms with E-state index in [1.54, 1.807) is 0 Å². The molecule has 35 heavy (non-hydrogen) atoms. The van der Waals surface area contributed by atoms with E-state index in [0.717, 1.165) is 6.08 Å². The Balaban J connectivity index is 1.60. The number of rotatable bonds is 11. The number of carbonyl (C=O) groups excluding carboxylic acids is 1. The zero-order valence-corrected chi connectivity index (χ0v) is 18.2. The molecule has 1 aromatic heterocycles.